The number of nitrogens with zero attached hydrogens (tertiary/aromatic N) is 2. The summed E-state index contributed by atoms with van der Waals surface area (Å²) in [4.78, 5) is 14.0. The van der Waals surface area contributed by atoms with Crippen LogP contribution in [-0.2, 0) is 16.7 Å². The van der Waals surface area contributed by atoms with E-state index in [0.717, 1.165) is 12.1 Å². The smallest absolute Gasteiger partial charge is 0.290 e. The molecule has 0 bridgehead atoms. The Balaban J connectivity index is 2.11. The van der Waals surface area contributed by atoms with Crippen molar-refractivity contribution in [3.63, 3.8) is 0 Å². The molecule has 0 atom stereocenters. The molecule has 0 aliphatic carbocycles. The summed E-state index contributed by atoms with van der Waals surface area (Å²) in [6.45, 7) is -0.943. The first-order valence-corrected chi connectivity index (χ1v) is 9.13. The third-order valence-electron chi connectivity index (χ3n) is 3.86. The van der Waals surface area contributed by atoms with Crippen molar-refractivity contribution < 1.29 is 22.5 Å². The van der Waals surface area contributed by atoms with Gasteiger partial charge in [0.25, 0.3) is 15.7 Å². The topological polar surface area (TPSA) is 111 Å². The van der Waals surface area contributed by atoms with Crippen LogP contribution < -0.4 is 9.46 Å². The minimum absolute atomic E-state index is 0.0113. The van der Waals surface area contributed by atoms with Crippen LogP contribution in [0.4, 0.5) is 15.8 Å². The summed E-state index contributed by atoms with van der Waals surface area (Å²) in [7, 11) is -2.85. The molecule has 0 unspecified atom stereocenters. The van der Waals surface area contributed by atoms with Gasteiger partial charge in [0.05, 0.1) is 23.2 Å². The summed E-state index contributed by atoms with van der Waals surface area (Å²) in [5.41, 5.74) is -0.237. The molecule has 8 nitrogen and oxygen atoms in total. The molecule has 0 saturated carbocycles. The highest BCUT2D eigenvalue weighted by molar-refractivity contribution is 7.92. The Hall–Kier alpha value is -3.27. The first-order chi connectivity index (χ1) is 12.9. The molecule has 1 heterocycles. The zero-order valence-electron chi connectivity index (χ0n) is 14.0. The van der Waals surface area contributed by atoms with Gasteiger partial charge in [-0.3, -0.25) is 19.8 Å². The second kappa shape index (κ2) is 7.16. The molecular formula is C17H14FN3O5S. The molecule has 1 aromatic heterocycles. The standard InChI is InChI=1S/C17H14FN3O5S/c1-26-15-6-5-13(17-12(15)3-2-8-19-17)20-27(24,25)16-7-4-11(10-18)9-14(16)21(22)23/h2-9,20H,10H2,1H3. The Labute approximate surface area is 153 Å². The van der Waals surface area contributed by atoms with Gasteiger partial charge in [-0.2, -0.15) is 0 Å². The van der Waals surface area contributed by atoms with E-state index in [0.29, 0.717) is 16.7 Å². The highest BCUT2D eigenvalue weighted by atomic mass is 32.2. The summed E-state index contributed by atoms with van der Waals surface area (Å²) in [6.07, 6.45) is 1.48. The Bertz CT molecular complexity index is 1130. The normalized spacial score (nSPS) is 11.3. The third-order valence-corrected chi connectivity index (χ3v) is 5.27. The molecule has 0 amide bonds. The molecule has 0 radical (unpaired) electrons. The van der Waals surface area contributed by atoms with Crippen molar-refractivity contribution in [3.8, 4) is 5.75 Å². The van der Waals surface area contributed by atoms with Crippen LogP contribution >= 0.6 is 0 Å². The zero-order chi connectivity index (χ0) is 19.6. The van der Waals surface area contributed by atoms with Crippen LogP contribution in [0.3, 0.4) is 0 Å². The fourth-order valence-corrected chi connectivity index (χ4v) is 3.84. The van der Waals surface area contributed by atoms with Crippen LogP contribution in [0.25, 0.3) is 10.9 Å². The molecule has 0 fully saturated rings. The van der Waals surface area contributed by atoms with E-state index >= 15 is 0 Å². The van der Waals surface area contributed by atoms with E-state index in [-0.39, 0.29) is 11.3 Å². The summed E-state index contributed by atoms with van der Waals surface area (Å²) >= 11 is 0. The number of methoxy groups -OCH3 is 1. The van der Waals surface area contributed by atoms with Crippen LogP contribution in [0.15, 0.2) is 53.6 Å². The summed E-state index contributed by atoms with van der Waals surface area (Å²) in [6, 6.07) is 9.48. The monoisotopic (exact) mass is 391 g/mol. The molecule has 0 spiro atoms. The van der Waals surface area contributed by atoms with E-state index in [9.17, 15) is 22.9 Å². The van der Waals surface area contributed by atoms with E-state index in [1.807, 2.05) is 0 Å². The Morgan fingerprint density at radius 2 is 2.04 bits per heavy atom. The first kappa shape index (κ1) is 18.5. The van der Waals surface area contributed by atoms with E-state index in [1.165, 1.54) is 25.4 Å². The van der Waals surface area contributed by atoms with Gasteiger partial charge in [0.15, 0.2) is 4.90 Å². The molecule has 3 rings (SSSR count). The Kier molecular flexibility index (Phi) is 4.91. The maximum atomic E-state index is 12.8. The molecule has 0 aliphatic rings. The van der Waals surface area contributed by atoms with Gasteiger partial charge in [0.2, 0.25) is 0 Å². The third kappa shape index (κ3) is 3.51. The van der Waals surface area contributed by atoms with Crippen molar-refractivity contribution in [1.29, 1.82) is 0 Å². The number of nitro benzene ring substituents is 1. The van der Waals surface area contributed by atoms with Gasteiger partial charge >= 0.3 is 0 Å². The molecule has 3 aromatic rings. The highest BCUT2D eigenvalue weighted by Gasteiger charge is 2.27. The lowest BCUT2D eigenvalue weighted by molar-refractivity contribution is -0.387. The quantitative estimate of drug-likeness (QED) is 0.509. The predicted molar refractivity (Wildman–Crippen MR) is 97.0 cm³/mol. The van der Waals surface area contributed by atoms with Crippen molar-refractivity contribution >= 4 is 32.3 Å². The minimum atomic E-state index is -4.32. The molecule has 10 heteroatoms. The van der Waals surface area contributed by atoms with Gasteiger partial charge in [0.1, 0.15) is 12.4 Å². The number of anilines is 1. The van der Waals surface area contributed by atoms with Crippen molar-refractivity contribution in [2.75, 3.05) is 11.8 Å². The lowest BCUT2D eigenvalue weighted by Gasteiger charge is -2.12. The second-order valence-electron chi connectivity index (χ2n) is 5.51. The van der Waals surface area contributed by atoms with Crippen molar-refractivity contribution in [2.45, 2.75) is 11.6 Å². The number of nitrogens with one attached hydrogen (secondary N) is 1. The molecular weight excluding hydrogens is 377 g/mol. The second-order valence-corrected chi connectivity index (χ2v) is 7.16. The fourth-order valence-electron chi connectivity index (χ4n) is 2.62. The molecule has 1 N–H and O–H groups in total. The average Bonchev–Trinajstić information content (AvgIpc) is 2.67. The van der Waals surface area contributed by atoms with Crippen LogP contribution in [0.2, 0.25) is 0 Å². The highest BCUT2D eigenvalue weighted by Crippen LogP contribution is 2.33. The predicted octanol–water partition coefficient (Wildman–Crippen LogP) is 3.42. The molecule has 2 aromatic carbocycles. The van der Waals surface area contributed by atoms with E-state index in [1.54, 1.807) is 18.2 Å². The van der Waals surface area contributed by atoms with E-state index < -0.39 is 32.2 Å². The lowest BCUT2D eigenvalue weighted by atomic mass is 10.2. The number of hydrogen-bond acceptors (Lipinski definition) is 6. The van der Waals surface area contributed by atoms with Gasteiger partial charge in [-0.15, -0.1) is 0 Å². The number of pyridine rings is 1. The molecule has 0 aliphatic heterocycles. The average molecular weight is 391 g/mol. The van der Waals surface area contributed by atoms with Crippen LogP contribution in [-0.4, -0.2) is 25.4 Å². The number of aromatic nitrogens is 1. The van der Waals surface area contributed by atoms with Crippen LogP contribution in [0, 0.1) is 10.1 Å². The lowest BCUT2D eigenvalue weighted by Crippen LogP contribution is -2.15. The van der Waals surface area contributed by atoms with Gasteiger partial charge in [0, 0.05) is 17.6 Å². The van der Waals surface area contributed by atoms with Gasteiger partial charge in [-0.05, 0) is 35.9 Å². The van der Waals surface area contributed by atoms with Crippen molar-refractivity contribution in [3.05, 3.63) is 64.3 Å². The maximum absolute atomic E-state index is 12.8. The summed E-state index contributed by atoms with van der Waals surface area (Å²) in [5, 5.41) is 11.8. The van der Waals surface area contributed by atoms with Gasteiger partial charge in [-0.25, -0.2) is 12.8 Å². The molecule has 27 heavy (non-hydrogen) atoms. The SMILES string of the molecule is COc1ccc(NS(=O)(=O)c2ccc(CF)cc2[N+](=O)[O-])c2ncccc12. The number of rotatable bonds is 6. The molecule has 140 valence electrons. The van der Waals surface area contributed by atoms with E-state index in [2.05, 4.69) is 9.71 Å². The number of fused-ring (bicyclic) bond motifs is 1. The van der Waals surface area contributed by atoms with Crippen LogP contribution in [0.1, 0.15) is 5.56 Å². The number of sulfonamides is 1. The Morgan fingerprint density at radius 3 is 2.70 bits per heavy atom. The summed E-state index contributed by atoms with van der Waals surface area (Å²) < 4.78 is 45.8. The van der Waals surface area contributed by atoms with Gasteiger partial charge in [-0.1, -0.05) is 6.07 Å². The number of nitro groups is 1. The minimum Gasteiger partial charge on any atom is -0.496 e. The largest absolute Gasteiger partial charge is 0.496 e. The van der Waals surface area contributed by atoms with E-state index in [4.69, 9.17) is 4.74 Å². The fraction of sp³-hybridized carbons (Fsp3) is 0.118. The Morgan fingerprint density at radius 1 is 1.26 bits per heavy atom. The maximum Gasteiger partial charge on any atom is 0.290 e. The molecule has 0 saturated heterocycles. The van der Waals surface area contributed by atoms with Crippen molar-refractivity contribution in [2.24, 2.45) is 0 Å². The number of alkyl halides is 1. The summed E-state index contributed by atoms with van der Waals surface area (Å²) in [5.74, 6) is 0.499. The van der Waals surface area contributed by atoms with Crippen molar-refractivity contribution in [1.82, 2.24) is 4.98 Å². The van der Waals surface area contributed by atoms with Gasteiger partial charge < -0.3 is 4.74 Å². The number of hydrogen-bond donors (Lipinski definition) is 1. The number of benzene rings is 2. The first-order valence-electron chi connectivity index (χ1n) is 7.65. The number of ether oxygens (including phenoxy) is 1. The number of halogens is 1. The van der Waals surface area contributed by atoms with Crippen LogP contribution in [0.5, 0.6) is 5.75 Å². The zero-order valence-corrected chi connectivity index (χ0v) is 14.9.